The Morgan fingerprint density at radius 2 is 1.72 bits per heavy atom. The lowest BCUT2D eigenvalue weighted by molar-refractivity contribution is -0.247. The molecule has 4 bridgehead atoms. The molecular weight excluding hydrogens is 802 g/mol. The molecule has 4 aliphatic carbocycles. The van der Waals surface area contributed by atoms with E-state index in [-0.39, 0.29) is 46.2 Å². The minimum absolute atomic E-state index is 0.0422. The van der Waals surface area contributed by atoms with Crippen LogP contribution < -0.4 is 15.5 Å². The molecule has 5 aromatic rings. The summed E-state index contributed by atoms with van der Waals surface area (Å²) < 4.78 is 21.1. The number of pyridine rings is 1. The van der Waals surface area contributed by atoms with Crippen LogP contribution in [0.25, 0.3) is 21.3 Å². The average molecular weight is 854 g/mol. The third-order valence-corrected chi connectivity index (χ3v) is 15.0. The summed E-state index contributed by atoms with van der Waals surface area (Å²) in [5.41, 5.74) is 5.36. The van der Waals surface area contributed by atoms with Crippen LogP contribution >= 0.6 is 18.9 Å². The number of carbonyl (C=O) groups excluding carboxylic acids is 1. The minimum Gasteiger partial charge on any atom is -0.476 e. The fourth-order valence-corrected chi connectivity index (χ4v) is 13.4. The molecule has 5 N–H and O–H groups in total. The molecule has 2 aromatic carbocycles. The number of anilines is 2. The summed E-state index contributed by atoms with van der Waals surface area (Å²) in [7, 11) is -4.05. The van der Waals surface area contributed by atoms with E-state index < -0.39 is 13.6 Å². The Morgan fingerprint density at radius 3 is 2.47 bits per heavy atom. The van der Waals surface area contributed by atoms with Crippen LogP contribution in [-0.2, 0) is 28.8 Å². The van der Waals surface area contributed by atoms with E-state index in [4.69, 9.17) is 14.8 Å². The second kappa shape index (κ2) is 15.1. The van der Waals surface area contributed by atoms with Crippen LogP contribution in [0.4, 0.5) is 10.9 Å². The Kier molecular flexibility index (Phi) is 10.3. The van der Waals surface area contributed by atoms with Crippen molar-refractivity contribution < 1.29 is 33.8 Å². The number of nitrogens with one attached hydrogen (secondary N) is 2. The molecule has 0 spiro atoms. The van der Waals surface area contributed by atoms with Crippen molar-refractivity contribution in [3.8, 4) is 11.1 Å². The molecule has 16 heteroatoms. The average Bonchev–Trinajstić information content (AvgIpc) is 3.75. The molecule has 2 atom stereocenters. The molecule has 1 amide bonds. The van der Waals surface area contributed by atoms with Crippen LogP contribution in [0.5, 0.6) is 0 Å². The largest absolute Gasteiger partial charge is 0.476 e. The number of rotatable bonds is 14. The van der Waals surface area contributed by atoms with Gasteiger partial charge < -0.3 is 29.8 Å². The van der Waals surface area contributed by atoms with Gasteiger partial charge in [-0.05, 0) is 110 Å². The molecule has 10 rings (SSSR count). The number of aromatic nitrogens is 4. The third kappa shape index (κ3) is 8.03. The molecule has 1 aliphatic heterocycles. The summed E-state index contributed by atoms with van der Waals surface area (Å²) in [4.78, 5) is 56.3. The Morgan fingerprint density at radius 1 is 0.933 bits per heavy atom. The molecule has 0 saturated heterocycles. The number of hydrogen-bond donors (Lipinski definition) is 5. The second-order valence-corrected chi connectivity index (χ2v) is 21.4. The lowest BCUT2D eigenvalue weighted by atomic mass is 9.39. The minimum atomic E-state index is -4.05. The number of carboxylic acids is 1. The summed E-state index contributed by atoms with van der Waals surface area (Å²) in [5, 5.41) is 22.1. The number of hydrogen-bond acceptors (Lipinski definition) is 10. The zero-order valence-electron chi connectivity index (χ0n) is 34.2. The van der Waals surface area contributed by atoms with Gasteiger partial charge in [0.25, 0.3) is 5.91 Å². The zero-order chi connectivity index (χ0) is 42.1. The standard InChI is InChI=1S/C44H52N7O7PS/c1-28-32(19-46-51(28)27-43-22-41(2)21-42(3,23-43)25-44(24-41,26-43)58-17-14-45-15-18-59(55,56)57)30-11-12-36(48-37(30)39(53)54)50-16-13-29-7-6-8-31(33(29)20-50)38(52)49-40-47-34-9-4-5-10-35(34)60-40/h4-12,19,45H,13-18,20-27H2,1-3H3,(H,53,54)(H,47,49,52)(H2,55,56,57). The van der Waals surface area contributed by atoms with Gasteiger partial charge >= 0.3 is 13.6 Å². The number of fused-ring (bicyclic) bond motifs is 2. The fourth-order valence-electron chi connectivity index (χ4n) is 12.1. The van der Waals surface area contributed by atoms with Gasteiger partial charge in [-0.15, -0.1) is 0 Å². The van der Waals surface area contributed by atoms with Crippen molar-refractivity contribution in [2.24, 2.45) is 16.2 Å². The van der Waals surface area contributed by atoms with Crippen molar-refractivity contribution in [2.45, 2.75) is 84.4 Å². The maximum Gasteiger partial charge on any atom is 0.355 e. The number of nitrogens with zero attached hydrogens (tertiary/aromatic N) is 5. The van der Waals surface area contributed by atoms with Crippen molar-refractivity contribution >= 4 is 52.0 Å². The number of ether oxygens (including phenoxy) is 1. The van der Waals surface area contributed by atoms with Crippen molar-refractivity contribution in [1.82, 2.24) is 25.1 Å². The first-order valence-corrected chi connectivity index (χ1v) is 23.3. The zero-order valence-corrected chi connectivity index (χ0v) is 36.0. The van der Waals surface area contributed by atoms with Crippen LogP contribution in [0, 0.1) is 23.2 Å². The normalized spacial score (nSPS) is 25.8. The Bertz CT molecular complexity index is 2500. The SMILES string of the molecule is Cc1c(-c2ccc(N3CCc4cccc(C(=O)Nc5nc6ccccc6s5)c4C3)nc2C(=O)O)cnn1CC12CC3(C)CC(C)(C1)CC(OCCNCCP(=O)(O)O)(C3)C2. The summed E-state index contributed by atoms with van der Waals surface area (Å²) in [6, 6.07) is 17.2. The quantitative estimate of drug-likeness (QED) is 0.0555. The molecular formula is C44H52N7O7PS. The summed E-state index contributed by atoms with van der Waals surface area (Å²) in [6.07, 6.45) is 8.42. The Hall–Kier alpha value is -4.50. The van der Waals surface area contributed by atoms with Crippen molar-refractivity contribution in [2.75, 3.05) is 42.6 Å². The lowest BCUT2D eigenvalue weighted by Crippen LogP contribution is -2.64. The van der Waals surface area contributed by atoms with E-state index >= 15 is 0 Å². The van der Waals surface area contributed by atoms with Crippen molar-refractivity contribution in [1.29, 1.82) is 0 Å². The molecule has 14 nitrogen and oxygen atoms in total. The van der Waals surface area contributed by atoms with E-state index in [1.165, 1.54) is 11.3 Å². The molecule has 4 heterocycles. The van der Waals surface area contributed by atoms with Crippen molar-refractivity contribution in [3.63, 3.8) is 0 Å². The van der Waals surface area contributed by atoms with Crippen LogP contribution in [0.2, 0.25) is 0 Å². The van der Waals surface area contributed by atoms with Crippen LogP contribution in [0.1, 0.15) is 90.0 Å². The van der Waals surface area contributed by atoms with Gasteiger partial charge in [0, 0.05) is 55.1 Å². The van der Waals surface area contributed by atoms with Gasteiger partial charge in [0.2, 0.25) is 0 Å². The highest BCUT2D eigenvalue weighted by Crippen LogP contribution is 2.72. The van der Waals surface area contributed by atoms with Crippen LogP contribution in [0.15, 0.2) is 60.8 Å². The monoisotopic (exact) mass is 853 g/mol. The Balaban J connectivity index is 0.923. The maximum atomic E-state index is 13.6. The third-order valence-electron chi connectivity index (χ3n) is 13.2. The fraction of sp³-hybridized carbons (Fsp3) is 0.477. The maximum absolute atomic E-state index is 13.6. The summed E-state index contributed by atoms with van der Waals surface area (Å²) in [5.74, 6) is -0.824. The van der Waals surface area contributed by atoms with E-state index in [0.717, 1.165) is 71.1 Å². The Labute approximate surface area is 352 Å². The first-order valence-electron chi connectivity index (χ1n) is 20.7. The van der Waals surface area contributed by atoms with Crippen LogP contribution in [0.3, 0.4) is 0 Å². The molecule has 316 valence electrons. The van der Waals surface area contributed by atoms with Gasteiger partial charge in [0.1, 0.15) is 5.82 Å². The van der Waals surface area contributed by atoms with E-state index in [0.29, 0.717) is 61.3 Å². The van der Waals surface area contributed by atoms with E-state index in [9.17, 15) is 29.0 Å². The van der Waals surface area contributed by atoms with E-state index in [2.05, 4.69) is 34.1 Å². The molecule has 5 aliphatic rings. The molecule has 0 radical (unpaired) electrons. The highest BCUT2D eigenvalue weighted by Gasteiger charge is 2.66. The van der Waals surface area contributed by atoms with Gasteiger partial charge in [0.05, 0.1) is 34.8 Å². The number of para-hydroxylation sites is 1. The topological polar surface area (TPSA) is 192 Å². The highest BCUT2D eigenvalue weighted by atomic mass is 32.1. The van der Waals surface area contributed by atoms with Gasteiger partial charge in [-0.2, -0.15) is 5.10 Å². The molecule has 2 unspecified atom stereocenters. The number of aromatic carboxylic acids is 1. The number of benzene rings is 2. The van der Waals surface area contributed by atoms with E-state index in [1.807, 2.05) is 66.4 Å². The lowest BCUT2D eigenvalue weighted by Gasteiger charge is -2.69. The second-order valence-electron chi connectivity index (χ2n) is 18.6. The predicted octanol–water partition coefficient (Wildman–Crippen LogP) is 7.28. The van der Waals surface area contributed by atoms with Crippen molar-refractivity contribution in [3.05, 3.63) is 88.9 Å². The van der Waals surface area contributed by atoms with Gasteiger partial charge in [-0.1, -0.05) is 49.4 Å². The smallest absolute Gasteiger partial charge is 0.355 e. The number of thiazole rings is 1. The molecule has 4 fully saturated rings. The highest BCUT2D eigenvalue weighted by molar-refractivity contribution is 7.51. The predicted molar refractivity (Wildman–Crippen MR) is 231 cm³/mol. The number of carbonyl (C=O) groups is 2. The van der Waals surface area contributed by atoms with Gasteiger partial charge in [0.15, 0.2) is 10.8 Å². The molecule has 4 saturated carbocycles. The van der Waals surface area contributed by atoms with Gasteiger partial charge in [-0.25, -0.2) is 14.8 Å². The molecule has 3 aromatic heterocycles. The first-order chi connectivity index (χ1) is 28.5. The van der Waals surface area contributed by atoms with Crippen LogP contribution in [-0.4, -0.2) is 84.5 Å². The van der Waals surface area contributed by atoms with Gasteiger partial charge in [-0.3, -0.25) is 19.4 Å². The van der Waals surface area contributed by atoms with E-state index in [1.54, 1.807) is 6.20 Å². The number of carboxylic acid groups (broad SMARTS) is 1. The number of amides is 1. The first kappa shape index (κ1) is 40.9. The summed E-state index contributed by atoms with van der Waals surface area (Å²) in [6.45, 7) is 9.75. The molecule has 60 heavy (non-hydrogen) atoms. The summed E-state index contributed by atoms with van der Waals surface area (Å²) >= 11 is 1.43.